The Morgan fingerprint density at radius 3 is 2.36 bits per heavy atom. The van der Waals surface area contributed by atoms with Crippen LogP contribution in [0.25, 0.3) is 0 Å². The highest BCUT2D eigenvalue weighted by molar-refractivity contribution is 7.89. The van der Waals surface area contributed by atoms with Gasteiger partial charge in [-0.2, -0.15) is 9.57 Å². The van der Waals surface area contributed by atoms with Gasteiger partial charge in [-0.1, -0.05) is 12.1 Å². The highest BCUT2D eigenvalue weighted by Gasteiger charge is 2.40. The predicted molar refractivity (Wildman–Crippen MR) is 127 cm³/mol. The van der Waals surface area contributed by atoms with Gasteiger partial charge >= 0.3 is 12.1 Å². The number of nitriles is 1. The summed E-state index contributed by atoms with van der Waals surface area (Å²) in [6.07, 6.45) is 0.0754. The molecule has 2 amide bonds. The lowest BCUT2D eigenvalue weighted by Gasteiger charge is -2.25. The van der Waals surface area contributed by atoms with Crippen LogP contribution in [0.2, 0.25) is 0 Å². The summed E-state index contributed by atoms with van der Waals surface area (Å²) in [6, 6.07) is 11.1. The zero-order valence-electron chi connectivity index (χ0n) is 19.7. The zero-order valence-corrected chi connectivity index (χ0v) is 20.6. The topological polar surface area (TPSA) is 157 Å². The Hall–Kier alpha value is -3.95. The van der Waals surface area contributed by atoms with E-state index in [0.29, 0.717) is 17.5 Å². The number of carboxylic acids is 1. The molecule has 2 N–H and O–H groups in total. The summed E-state index contributed by atoms with van der Waals surface area (Å²) >= 11 is 0. The number of hydrogen-bond acceptors (Lipinski definition) is 7. The van der Waals surface area contributed by atoms with E-state index in [1.54, 1.807) is 12.1 Å². The molecule has 0 aromatic heterocycles. The van der Waals surface area contributed by atoms with Crippen LogP contribution in [0.1, 0.15) is 24.0 Å². The summed E-state index contributed by atoms with van der Waals surface area (Å²) in [5.41, 5.74) is 0.874. The maximum atomic E-state index is 13.1. The Morgan fingerprint density at radius 2 is 1.81 bits per heavy atom. The molecule has 0 aliphatic carbocycles. The third-order valence-electron chi connectivity index (χ3n) is 5.64. The SMILES string of the molecule is CN(C)C(=O)Oc1ccc(CC(NC(=O)[C@@H]2CCCN2S(=O)(=O)c2ccc(C#N)cc2)C(=O)O)cc1. The van der Waals surface area contributed by atoms with Crippen molar-refractivity contribution in [2.75, 3.05) is 20.6 Å². The quantitative estimate of drug-likeness (QED) is 0.538. The van der Waals surface area contributed by atoms with Crippen molar-refractivity contribution in [3.05, 3.63) is 59.7 Å². The molecule has 1 fully saturated rings. The van der Waals surface area contributed by atoms with E-state index in [0.717, 1.165) is 4.31 Å². The Morgan fingerprint density at radius 1 is 1.17 bits per heavy atom. The number of carbonyl (C=O) groups excluding carboxylic acids is 2. The van der Waals surface area contributed by atoms with Gasteiger partial charge in [0, 0.05) is 27.1 Å². The van der Waals surface area contributed by atoms with Crippen molar-refractivity contribution >= 4 is 28.0 Å². The average molecular weight is 515 g/mol. The minimum Gasteiger partial charge on any atom is -0.480 e. The van der Waals surface area contributed by atoms with Crippen LogP contribution >= 0.6 is 0 Å². The van der Waals surface area contributed by atoms with Crippen LogP contribution in [0.15, 0.2) is 53.4 Å². The summed E-state index contributed by atoms with van der Waals surface area (Å²) in [7, 11) is -0.944. The number of hydrogen-bond donors (Lipinski definition) is 2. The number of carboxylic acid groups (broad SMARTS) is 1. The van der Waals surface area contributed by atoms with Crippen molar-refractivity contribution in [2.24, 2.45) is 0 Å². The van der Waals surface area contributed by atoms with E-state index in [-0.39, 0.29) is 30.0 Å². The first-order valence-corrected chi connectivity index (χ1v) is 12.5. The molecule has 0 bridgehead atoms. The number of nitrogens with one attached hydrogen (secondary N) is 1. The third-order valence-corrected chi connectivity index (χ3v) is 7.57. The number of ether oxygens (including phenoxy) is 1. The van der Waals surface area contributed by atoms with Crippen molar-refractivity contribution in [1.82, 2.24) is 14.5 Å². The Labute approximate surface area is 208 Å². The highest BCUT2D eigenvalue weighted by Crippen LogP contribution is 2.26. The van der Waals surface area contributed by atoms with Crippen molar-refractivity contribution < 1.29 is 32.6 Å². The summed E-state index contributed by atoms with van der Waals surface area (Å²) in [6.45, 7) is 0.116. The first-order valence-electron chi connectivity index (χ1n) is 11.1. The van der Waals surface area contributed by atoms with Crippen molar-refractivity contribution in [1.29, 1.82) is 5.26 Å². The van der Waals surface area contributed by atoms with Crippen LogP contribution in [-0.2, 0) is 26.0 Å². The minimum atomic E-state index is -4.02. The lowest BCUT2D eigenvalue weighted by atomic mass is 10.1. The van der Waals surface area contributed by atoms with Crippen LogP contribution in [0.4, 0.5) is 4.79 Å². The summed E-state index contributed by atoms with van der Waals surface area (Å²) < 4.78 is 32.4. The summed E-state index contributed by atoms with van der Waals surface area (Å²) in [5.74, 6) is -1.69. The Balaban J connectivity index is 1.70. The first kappa shape index (κ1) is 26.7. The molecule has 1 aliphatic rings. The van der Waals surface area contributed by atoms with E-state index in [9.17, 15) is 27.9 Å². The molecule has 12 heteroatoms. The number of sulfonamides is 1. The number of benzene rings is 2. The lowest BCUT2D eigenvalue weighted by Crippen LogP contribution is -2.51. The van der Waals surface area contributed by atoms with Gasteiger partial charge in [0.1, 0.15) is 17.8 Å². The molecule has 0 spiro atoms. The monoisotopic (exact) mass is 514 g/mol. The molecule has 1 heterocycles. The van der Waals surface area contributed by atoms with Gasteiger partial charge in [-0.05, 0) is 54.8 Å². The van der Waals surface area contributed by atoms with E-state index >= 15 is 0 Å². The van der Waals surface area contributed by atoms with E-state index in [1.165, 1.54) is 55.4 Å². The molecule has 2 aromatic rings. The van der Waals surface area contributed by atoms with Crippen LogP contribution < -0.4 is 10.1 Å². The van der Waals surface area contributed by atoms with E-state index in [4.69, 9.17) is 10.00 Å². The first-order chi connectivity index (χ1) is 17.0. The molecule has 2 aromatic carbocycles. The fraction of sp³-hybridized carbons (Fsp3) is 0.333. The van der Waals surface area contributed by atoms with Crippen molar-refractivity contribution in [2.45, 2.75) is 36.2 Å². The average Bonchev–Trinajstić information content (AvgIpc) is 3.36. The highest BCUT2D eigenvalue weighted by atomic mass is 32.2. The number of carbonyl (C=O) groups is 3. The van der Waals surface area contributed by atoms with E-state index in [1.807, 2.05) is 6.07 Å². The molecule has 3 rings (SSSR count). The van der Waals surface area contributed by atoms with E-state index < -0.39 is 40.1 Å². The van der Waals surface area contributed by atoms with Crippen LogP contribution in [-0.4, -0.2) is 73.4 Å². The second kappa shape index (κ2) is 11.2. The molecule has 0 saturated carbocycles. The molecule has 11 nitrogen and oxygen atoms in total. The van der Waals surface area contributed by atoms with Gasteiger partial charge in [-0.25, -0.2) is 18.0 Å². The fourth-order valence-electron chi connectivity index (χ4n) is 3.72. The predicted octanol–water partition coefficient (Wildman–Crippen LogP) is 1.58. The molecule has 2 atom stereocenters. The number of aliphatic carboxylic acids is 1. The second-order valence-electron chi connectivity index (χ2n) is 8.42. The largest absolute Gasteiger partial charge is 0.480 e. The standard InChI is InChI=1S/C24H26N4O7S/c1-27(2)24(32)35-18-9-5-16(6-10-18)14-20(23(30)31)26-22(29)21-4-3-13-28(21)36(33,34)19-11-7-17(15-25)8-12-19/h5-12,20-21H,3-4,13-14H2,1-2H3,(H,26,29)(H,30,31)/t20?,21-/m0/s1. The molecule has 0 radical (unpaired) electrons. The molecule has 1 unspecified atom stereocenters. The van der Waals surface area contributed by atoms with Gasteiger partial charge in [-0.15, -0.1) is 0 Å². The lowest BCUT2D eigenvalue weighted by molar-refractivity contribution is -0.142. The van der Waals surface area contributed by atoms with Gasteiger partial charge in [0.15, 0.2) is 0 Å². The van der Waals surface area contributed by atoms with Crippen molar-refractivity contribution in [3.63, 3.8) is 0 Å². The van der Waals surface area contributed by atoms with Crippen LogP contribution in [0, 0.1) is 11.3 Å². The molecule has 36 heavy (non-hydrogen) atoms. The smallest absolute Gasteiger partial charge is 0.414 e. The van der Waals surface area contributed by atoms with Gasteiger partial charge in [0.05, 0.1) is 16.5 Å². The number of amides is 2. The second-order valence-corrected chi connectivity index (χ2v) is 10.3. The van der Waals surface area contributed by atoms with Gasteiger partial charge < -0.3 is 20.1 Å². The zero-order chi connectivity index (χ0) is 26.5. The Kier molecular flexibility index (Phi) is 8.29. The van der Waals surface area contributed by atoms with Gasteiger partial charge in [0.25, 0.3) is 0 Å². The summed E-state index contributed by atoms with van der Waals surface area (Å²) in [5, 5.41) is 21.1. The fourth-order valence-corrected chi connectivity index (χ4v) is 5.37. The van der Waals surface area contributed by atoms with E-state index in [2.05, 4.69) is 5.32 Å². The van der Waals surface area contributed by atoms with Crippen molar-refractivity contribution in [3.8, 4) is 11.8 Å². The Bertz CT molecular complexity index is 1270. The van der Waals surface area contributed by atoms with Gasteiger partial charge in [0.2, 0.25) is 15.9 Å². The van der Waals surface area contributed by atoms with Crippen LogP contribution in [0.5, 0.6) is 5.75 Å². The number of rotatable bonds is 8. The normalized spacial score (nSPS) is 16.5. The molecule has 1 saturated heterocycles. The van der Waals surface area contributed by atoms with Gasteiger partial charge in [-0.3, -0.25) is 4.79 Å². The maximum Gasteiger partial charge on any atom is 0.414 e. The summed E-state index contributed by atoms with van der Waals surface area (Å²) in [4.78, 5) is 37.7. The maximum absolute atomic E-state index is 13.1. The number of nitrogens with zero attached hydrogens (tertiary/aromatic N) is 3. The van der Waals surface area contributed by atoms with Crippen LogP contribution in [0.3, 0.4) is 0 Å². The third kappa shape index (κ3) is 6.18. The molecule has 1 aliphatic heterocycles. The molecule has 190 valence electrons. The molecular weight excluding hydrogens is 488 g/mol. The molecular formula is C24H26N4O7S. The minimum absolute atomic E-state index is 0.0500.